The van der Waals surface area contributed by atoms with Crippen LogP contribution in [-0.2, 0) is 22.6 Å². The van der Waals surface area contributed by atoms with Gasteiger partial charge in [-0.2, -0.15) is 0 Å². The van der Waals surface area contributed by atoms with Crippen LogP contribution in [0.15, 0.2) is 71.8 Å². The van der Waals surface area contributed by atoms with E-state index in [4.69, 9.17) is 14.0 Å². The molecule has 1 N–H and O–H groups in total. The third-order valence-corrected chi connectivity index (χ3v) is 5.83. The van der Waals surface area contributed by atoms with E-state index in [-0.39, 0.29) is 12.4 Å². The fourth-order valence-electron chi connectivity index (χ4n) is 4.18. The van der Waals surface area contributed by atoms with Gasteiger partial charge in [0.05, 0.1) is 38.1 Å². The van der Waals surface area contributed by atoms with Gasteiger partial charge in [0.15, 0.2) is 0 Å². The molecule has 4 rings (SSSR count). The molecule has 1 atom stereocenters. The van der Waals surface area contributed by atoms with Crippen molar-refractivity contribution in [2.45, 2.75) is 19.2 Å². The van der Waals surface area contributed by atoms with Crippen LogP contribution in [0.3, 0.4) is 0 Å². The van der Waals surface area contributed by atoms with Crippen LogP contribution in [-0.4, -0.2) is 67.3 Å². The van der Waals surface area contributed by atoms with Crippen LogP contribution in [0.2, 0.25) is 0 Å². The van der Waals surface area contributed by atoms with E-state index in [1.165, 1.54) is 12.1 Å². The molecule has 3 aromatic rings. The molecule has 0 aliphatic carbocycles. The zero-order valence-electron chi connectivity index (χ0n) is 19.8. The normalized spacial score (nSPS) is 14.9. The van der Waals surface area contributed by atoms with Crippen LogP contribution in [0, 0.1) is 5.82 Å². The summed E-state index contributed by atoms with van der Waals surface area (Å²) in [6.07, 6.45) is 0.947. The van der Waals surface area contributed by atoms with E-state index in [0.717, 1.165) is 22.4 Å². The molecule has 1 aliphatic heterocycles. The number of aromatic nitrogens is 1. The van der Waals surface area contributed by atoms with Gasteiger partial charge < -0.3 is 24.0 Å². The Labute approximate surface area is 205 Å². The SMILES string of the molecule is C=CCOCC(O)CN(Cc1ccc(F)cc1)Cc1c(-c2ccccc2)noc1N1CCOCC1. The van der Waals surface area contributed by atoms with Gasteiger partial charge in [0.2, 0.25) is 5.88 Å². The summed E-state index contributed by atoms with van der Waals surface area (Å²) in [6.45, 7) is 8.25. The molecule has 0 spiro atoms. The number of nitrogens with zero attached hydrogens (tertiary/aromatic N) is 3. The maximum absolute atomic E-state index is 13.5. The molecule has 0 bridgehead atoms. The molecule has 7 nitrogen and oxygen atoms in total. The predicted octanol–water partition coefficient (Wildman–Crippen LogP) is 3.88. The van der Waals surface area contributed by atoms with Crippen molar-refractivity contribution in [3.05, 3.63) is 84.2 Å². The first kappa shape index (κ1) is 25.1. The minimum atomic E-state index is -0.706. The Bertz CT molecular complexity index is 1050. The number of halogens is 1. The van der Waals surface area contributed by atoms with Crippen molar-refractivity contribution in [1.82, 2.24) is 10.1 Å². The average Bonchev–Trinajstić information content (AvgIpc) is 3.30. The highest BCUT2D eigenvalue weighted by molar-refractivity contribution is 5.68. The molecule has 1 saturated heterocycles. The third kappa shape index (κ3) is 6.99. The van der Waals surface area contributed by atoms with Crippen molar-refractivity contribution < 1.29 is 23.5 Å². The molecular formula is C27H32FN3O4. The van der Waals surface area contributed by atoms with Crippen LogP contribution in [0.5, 0.6) is 0 Å². The Morgan fingerprint density at radius 1 is 1.11 bits per heavy atom. The number of rotatable bonds is 12. The summed E-state index contributed by atoms with van der Waals surface area (Å²) in [4.78, 5) is 4.26. The first-order chi connectivity index (χ1) is 17.1. The number of aliphatic hydroxyl groups excluding tert-OH is 1. The van der Waals surface area contributed by atoms with E-state index in [1.807, 2.05) is 30.3 Å². The van der Waals surface area contributed by atoms with Gasteiger partial charge in [-0.15, -0.1) is 6.58 Å². The monoisotopic (exact) mass is 481 g/mol. The lowest BCUT2D eigenvalue weighted by molar-refractivity contribution is 0.0228. The average molecular weight is 482 g/mol. The molecule has 1 fully saturated rings. The van der Waals surface area contributed by atoms with Crippen molar-refractivity contribution in [1.29, 1.82) is 0 Å². The van der Waals surface area contributed by atoms with E-state index >= 15 is 0 Å². The maximum atomic E-state index is 13.5. The summed E-state index contributed by atoms with van der Waals surface area (Å²) in [5.41, 5.74) is 3.62. The maximum Gasteiger partial charge on any atom is 0.232 e. The fourth-order valence-corrected chi connectivity index (χ4v) is 4.18. The largest absolute Gasteiger partial charge is 0.389 e. The number of hydrogen-bond acceptors (Lipinski definition) is 7. The second-order valence-corrected chi connectivity index (χ2v) is 8.56. The van der Waals surface area contributed by atoms with Crippen molar-refractivity contribution >= 4 is 5.88 Å². The number of aliphatic hydroxyl groups is 1. The van der Waals surface area contributed by atoms with Gasteiger partial charge in [0, 0.05) is 38.3 Å². The number of hydrogen-bond donors (Lipinski definition) is 1. The molecule has 1 aliphatic rings. The van der Waals surface area contributed by atoms with Crippen LogP contribution in [0.1, 0.15) is 11.1 Å². The first-order valence-corrected chi connectivity index (χ1v) is 11.8. The van der Waals surface area contributed by atoms with Gasteiger partial charge in [-0.1, -0.05) is 53.7 Å². The summed E-state index contributed by atoms with van der Waals surface area (Å²) >= 11 is 0. The van der Waals surface area contributed by atoms with E-state index in [1.54, 1.807) is 18.2 Å². The molecular weight excluding hydrogens is 449 g/mol. The highest BCUT2D eigenvalue weighted by atomic mass is 19.1. The number of anilines is 1. The van der Waals surface area contributed by atoms with E-state index < -0.39 is 6.10 Å². The molecule has 1 unspecified atom stereocenters. The van der Waals surface area contributed by atoms with E-state index in [0.29, 0.717) is 58.4 Å². The van der Waals surface area contributed by atoms with Crippen molar-refractivity contribution in [3.8, 4) is 11.3 Å². The van der Waals surface area contributed by atoms with Crippen LogP contribution >= 0.6 is 0 Å². The molecule has 2 aromatic carbocycles. The fraction of sp³-hybridized carbons (Fsp3) is 0.370. The standard InChI is InChI=1S/C27H32FN3O4/c1-2-14-34-20-24(32)18-30(17-21-8-10-23(28)11-9-21)19-25-26(22-6-4-3-5-7-22)29-35-27(25)31-12-15-33-16-13-31/h2-11,24,32H,1,12-20H2. The number of ether oxygens (including phenoxy) is 2. The van der Waals surface area contributed by atoms with Crippen LogP contribution in [0.25, 0.3) is 11.3 Å². The van der Waals surface area contributed by atoms with Gasteiger partial charge >= 0.3 is 0 Å². The van der Waals surface area contributed by atoms with Gasteiger partial charge in [0.25, 0.3) is 0 Å². The number of benzene rings is 2. The molecule has 0 amide bonds. The first-order valence-electron chi connectivity index (χ1n) is 11.8. The third-order valence-electron chi connectivity index (χ3n) is 5.83. The van der Waals surface area contributed by atoms with E-state index in [2.05, 4.69) is 21.5 Å². The van der Waals surface area contributed by atoms with Gasteiger partial charge in [-0.3, -0.25) is 4.90 Å². The zero-order chi connectivity index (χ0) is 24.5. The Morgan fingerprint density at radius 3 is 2.57 bits per heavy atom. The Kier molecular flexibility index (Phi) is 9.02. The molecule has 35 heavy (non-hydrogen) atoms. The summed E-state index contributed by atoms with van der Waals surface area (Å²) in [5, 5.41) is 15.1. The second-order valence-electron chi connectivity index (χ2n) is 8.56. The second kappa shape index (κ2) is 12.6. The lowest BCUT2D eigenvalue weighted by Crippen LogP contribution is -2.38. The molecule has 1 aromatic heterocycles. The lowest BCUT2D eigenvalue weighted by Gasteiger charge is -2.29. The molecule has 2 heterocycles. The molecule has 186 valence electrons. The number of morpholine rings is 1. The summed E-state index contributed by atoms with van der Waals surface area (Å²) < 4.78 is 30.4. The topological polar surface area (TPSA) is 71.2 Å². The van der Waals surface area contributed by atoms with Crippen molar-refractivity contribution in [2.24, 2.45) is 0 Å². The minimum absolute atomic E-state index is 0.192. The lowest BCUT2D eigenvalue weighted by atomic mass is 10.1. The zero-order valence-corrected chi connectivity index (χ0v) is 19.8. The summed E-state index contributed by atoms with van der Waals surface area (Å²) in [6, 6.07) is 16.3. The minimum Gasteiger partial charge on any atom is -0.389 e. The highest BCUT2D eigenvalue weighted by Gasteiger charge is 2.26. The Balaban J connectivity index is 1.63. The van der Waals surface area contributed by atoms with Gasteiger partial charge in [-0.25, -0.2) is 4.39 Å². The summed E-state index contributed by atoms with van der Waals surface area (Å²) in [7, 11) is 0. The molecule has 0 saturated carbocycles. The van der Waals surface area contributed by atoms with Crippen molar-refractivity contribution in [3.63, 3.8) is 0 Å². The van der Waals surface area contributed by atoms with Gasteiger partial charge in [-0.05, 0) is 17.7 Å². The molecule has 0 radical (unpaired) electrons. The van der Waals surface area contributed by atoms with Crippen LogP contribution in [0.4, 0.5) is 10.3 Å². The predicted molar refractivity (Wildman–Crippen MR) is 133 cm³/mol. The summed E-state index contributed by atoms with van der Waals surface area (Å²) in [5.74, 6) is 0.437. The quantitative estimate of drug-likeness (QED) is 0.311. The van der Waals surface area contributed by atoms with Crippen LogP contribution < -0.4 is 4.90 Å². The Morgan fingerprint density at radius 2 is 1.86 bits per heavy atom. The molecule has 8 heteroatoms. The van der Waals surface area contributed by atoms with Crippen molar-refractivity contribution in [2.75, 3.05) is 51.0 Å². The Hall–Kier alpha value is -3.04. The van der Waals surface area contributed by atoms with Gasteiger partial charge in [0.1, 0.15) is 11.5 Å². The highest BCUT2D eigenvalue weighted by Crippen LogP contribution is 2.33. The van der Waals surface area contributed by atoms with E-state index in [9.17, 15) is 9.50 Å². The smallest absolute Gasteiger partial charge is 0.232 e.